The molecule has 0 N–H and O–H groups in total. The largest absolute Gasteiger partial charge is 0.381 e. The Morgan fingerprint density at radius 3 is 3.22 bits per heavy atom. The highest BCUT2D eigenvalue weighted by atomic mass is 16.5. The molecule has 0 aromatic rings. The third-order valence-corrected chi connectivity index (χ3v) is 3.04. The van der Waals surface area contributed by atoms with E-state index in [0.29, 0.717) is 5.41 Å². The number of fused-ring (bicyclic) bond motifs is 1. The molecule has 9 heavy (non-hydrogen) atoms. The van der Waals surface area contributed by atoms with Crippen LogP contribution in [0.15, 0.2) is 0 Å². The maximum atomic E-state index is 5.41. The summed E-state index contributed by atoms with van der Waals surface area (Å²) in [5, 5.41) is 0. The van der Waals surface area contributed by atoms with Gasteiger partial charge in [0.05, 0.1) is 13.2 Å². The van der Waals surface area contributed by atoms with E-state index < -0.39 is 0 Å². The van der Waals surface area contributed by atoms with Crippen molar-refractivity contribution in [1.29, 1.82) is 0 Å². The van der Waals surface area contributed by atoms with Gasteiger partial charge in [-0.1, -0.05) is 13.3 Å². The second kappa shape index (κ2) is 1.72. The van der Waals surface area contributed by atoms with Crippen LogP contribution >= 0.6 is 0 Å². The van der Waals surface area contributed by atoms with Gasteiger partial charge in [-0.05, 0) is 24.2 Å². The number of hydrogen-bond donors (Lipinski definition) is 0. The first-order valence-electron chi connectivity index (χ1n) is 3.89. The van der Waals surface area contributed by atoms with Gasteiger partial charge < -0.3 is 4.74 Å². The molecule has 52 valence electrons. The molecular weight excluding hydrogens is 112 g/mol. The molecule has 2 unspecified atom stereocenters. The van der Waals surface area contributed by atoms with Gasteiger partial charge in [-0.2, -0.15) is 0 Å². The summed E-state index contributed by atoms with van der Waals surface area (Å²) in [5.41, 5.74) is 0.583. The molecule has 1 heterocycles. The van der Waals surface area contributed by atoms with Gasteiger partial charge in [0.15, 0.2) is 0 Å². The lowest BCUT2D eigenvalue weighted by Gasteiger charge is -2.19. The quantitative estimate of drug-likeness (QED) is 0.481. The topological polar surface area (TPSA) is 9.23 Å². The molecule has 1 saturated carbocycles. The predicted molar refractivity (Wildman–Crippen MR) is 36.3 cm³/mol. The highest BCUT2D eigenvalue weighted by Crippen LogP contribution is 2.46. The number of hydrogen-bond acceptors (Lipinski definition) is 1. The first-order chi connectivity index (χ1) is 4.31. The number of ether oxygens (including phenoxy) is 1. The lowest BCUT2D eigenvalue weighted by atomic mass is 9.83. The van der Waals surface area contributed by atoms with Crippen LogP contribution in [-0.2, 0) is 4.74 Å². The molecule has 2 aliphatic rings. The second-order valence-electron chi connectivity index (χ2n) is 3.76. The maximum absolute atomic E-state index is 5.41. The van der Waals surface area contributed by atoms with E-state index in [9.17, 15) is 0 Å². The molecular formula is C8H14O. The Hall–Kier alpha value is -0.0400. The van der Waals surface area contributed by atoms with Crippen molar-refractivity contribution in [2.75, 3.05) is 13.2 Å². The third kappa shape index (κ3) is 0.710. The van der Waals surface area contributed by atoms with Crippen molar-refractivity contribution in [2.45, 2.75) is 26.2 Å². The molecule has 2 rings (SSSR count). The van der Waals surface area contributed by atoms with E-state index >= 15 is 0 Å². The molecule has 0 radical (unpaired) electrons. The van der Waals surface area contributed by atoms with Gasteiger partial charge in [0.25, 0.3) is 0 Å². The van der Waals surface area contributed by atoms with E-state index in [1.807, 2.05) is 0 Å². The Morgan fingerprint density at radius 1 is 1.56 bits per heavy atom. The SMILES string of the molecule is CC12CCCC1COC2. The zero-order valence-electron chi connectivity index (χ0n) is 6.02. The number of rotatable bonds is 0. The van der Waals surface area contributed by atoms with Crippen molar-refractivity contribution in [3.8, 4) is 0 Å². The molecule has 0 amide bonds. The lowest BCUT2D eigenvalue weighted by Crippen LogP contribution is -2.18. The van der Waals surface area contributed by atoms with Crippen LogP contribution in [-0.4, -0.2) is 13.2 Å². The van der Waals surface area contributed by atoms with Crippen molar-refractivity contribution in [2.24, 2.45) is 11.3 Å². The molecule has 1 aliphatic heterocycles. The van der Waals surface area contributed by atoms with Gasteiger partial charge in [0, 0.05) is 0 Å². The molecule has 0 aromatic carbocycles. The molecule has 2 fully saturated rings. The minimum atomic E-state index is 0.583. The fourth-order valence-electron chi connectivity index (χ4n) is 2.21. The van der Waals surface area contributed by atoms with Crippen molar-refractivity contribution in [3.63, 3.8) is 0 Å². The average Bonchev–Trinajstić information content (AvgIpc) is 2.22. The van der Waals surface area contributed by atoms with Crippen molar-refractivity contribution in [1.82, 2.24) is 0 Å². The standard InChI is InChI=1S/C8H14O/c1-8-4-2-3-7(8)5-9-6-8/h7H,2-6H2,1H3. The Labute approximate surface area is 56.4 Å². The van der Waals surface area contributed by atoms with Gasteiger partial charge in [-0.3, -0.25) is 0 Å². The second-order valence-corrected chi connectivity index (χ2v) is 3.76. The van der Waals surface area contributed by atoms with Gasteiger partial charge in [0.2, 0.25) is 0 Å². The fourth-order valence-corrected chi connectivity index (χ4v) is 2.21. The van der Waals surface area contributed by atoms with E-state index in [4.69, 9.17) is 4.74 Å². The summed E-state index contributed by atoms with van der Waals surface area (Å²) in [6, 6.07) is 0. The summed E-state index contributed by atoms with van der Waals surface area (Å²) in [6.45, 7) is 4.44. The van der Waals surface area contributed by atoms with E-state index in [1.165, 1.54) is 19.3 Å². The summed E-state index contributed by atoms with van der Waals surface area (Å²) in [7, 11) is 0. The zero-order chi connectivity index (χ0) is 6.32. The summed E-state index contributed by atoms with van der Waals surface area (Å²) < 4.78 is 5.41. The van der Waals surface area contributed by atoms with E-state index in [1.54, 1.807) is 0 Å². The lowest BCUT2D eigenvalue weighted by molar-refractivity contribution is 0.155. The van der Waals surface area contributed by atoms with Crippen LogP contribution in [0.5, 0.6) is 0 Å². The van der Waals surface area contributed by atoms with Gasteiger partial charge >= 0.3 is 0 Å². The van der Waals surface area contributed by atoms with Gasteiger partial charge in [-0.25, -0.2) is 0 Å². The van der Waals surface area contributed by atoms with Crippen LogP contribution in [0.1, 0.15) is 26.2 Å². The summed E-state index contributed by atoms with van der Waals surface area (Å²) in [5.74, 6) is 0.900. The molecule has 0 bridgehead atoms. The smallest absolute Gasteiger partial charge is 0.0523 e. The van der Waals surface area contributed by atoms with Crippen molar-refractivity contribution in [3.05, 3.63) is 0 Å². The van der Waals surface area contributed by atoms with E-state index in [0.717, 1.165) is 19.1 Å². The molecule has 1 nitrogen and oxygen atoms in total. The van der Waals surface area contributed by atoms with Gasteiger partial charge in [-0.15, -0.1) is 0 Å². The van der Waals surface area contributed by atoms with Gasteiger partial charge in [0.1, 0.15) is 0 Å². The Balaban J connectivity index is 2.17. The van der Waals surface area contributed by atoms with Crippen LogP contribution in [0.3, 0.4) is 0 Å². The Bertz CT molecular complexity index is 110. The van der Waals surface area contributed by atoms with Crippen molar-refractivity contribution < 1.29 is 4.74 Å². The minimum absolute atomic E-state index is 0.583. The van der Waals surface area contributed by atoms with E-state index in [2.05, 4.69) is 6.92 Å². The Kier molecular flexibility index (Phi) is 1.10. The van der Waals surface area contributed by atoms with Crippen LogP contribution in [0.4, 0.5) is 0 Å². The molecule has 2 atom stereocenters. The van der Waals surface area contributed by atoms with Crippen LogP contribution in [0.25, 0.3) is 0 Å². The average molecular weight is 126 g/mol. The third-order valence-electron chi connectivity index (χ3n) is 3.04. The fraction of sp³-hybridized carbons (Fsp3) is 1.00. The zero-order valence-corrected chi connectivity index (χ0v) is 6.02. The first kappa shape index (κ1) is 5.72. The maximum Gasteiger partial charge on any atom is 0.0523 e. The molecule has 1 saturated heterocycles. The molecule has 1 aliphatic carbocycles. The summed E-state index contributed by atoms with van der Waals surface area (Å²) >= 11 is 0. The molecule has 0 aromatic heterocycles. The summed E-state index contributed by atoms with van der Waals surface area (Å²) in [4.78, 5) is 0. The highest BCUT2D eigenvalue weighted by Gasteiger charge is 2.42. The van der Waals surface area contributed by atoms with Crippen LogP contribution in [0, 0.1) is 11.3 Å². The summed E-state index contributed by atoms with van der Waals surface area (Å²) in [6.07, 6.45) is 4.25. The van der Waals surface area contributed by atoms with Crippen LogP contribution in [0.2, 0.25) is 0 Å². The molecule has 1 heteroatoms. The van der Waals surface area contributed by atoms with E-state index in [-0.39, 0.29) is 0 Å². The monoisotopic (exact) mass is 126 g/mol. The normalized spacial score (nSPS) is 49.7. The first-order valence-corrected chi connectivity index (χ1v) is 3.89. The van der Waals surface area contributed by atoms with Crippen LogP contribution < -0.4 is 0 Å². The minimum Gasteiger partial charge on any atom is -0.381 e. The molecule has 0 spiro atoms. The predicted octanol–water partition coefficient (Wildman–Crippen LogP) is 1.82. The van der Waals surface area contributed by atoms with Crippen molar-refractivity contribution >= 4 is 0 Å². The Morgan fingerprint density at radius 2 is 2.44 bits per heavy atom. The highest BCUT2D eigenvalue weighted by molar-refractivity contribution is 4.91.